The van der Waals surface area contributed by atoms with Gasteiger partial charge in [0.25, 0.3) is 0 Å². The van der Waals surface area contributed by atoms with Crippen molar-refractivity contribution in [3.8, 4) is 0 Å². The molecule has 0 heterocycles. The molecule has 2 amide bonds. The van der Waals surface area contributed by atoms with Crippen LogP contribution in [0.2, 0.25) is 0 Å². The second-order valence-corrected chi connectivity index (χ2v) is 5.13. The van der Waals surface area contributed by atoms with Gasteiger partial charge in [0.05, 0.1) is 5.41 Å². The van der Waals surface area contributed by atoms with Gasteiger partial charge < -0.3 is 20.6 Å². The summed E-state index contributed by atoms with van der Waals surface area (Å²) in [5, 5.41) is 14.4. The lowest BCUT2D eigenvalue weighted by molar-refractivity contribution is -0.143. The molecule has 1 aliphatic rings. The summed E-state index contributed by atoms with van der Waals surface area (Å²) >= 11 is 0. The number of nitrogens with zero attached hydrogens (tertiary/aromatic N) is 1. The van der Waals surface area contributed by atoms with Crippen LogP contribution in [-0.2, 0) is 4.79 Å². The number of carboxylic acid groups (broad SMARTS) is 1. The highest BCUT2D eigenvalue weighted by Crippen LogP contribution is 2.45. The van der Waals surface area contributed by atoms with Gasteiger partial charge in [-0.1, -0.05) is 13.8 Å². The van der Waals surface area contributed by atoms with Crippen molar-refractivity contribution >= 4 is 12.0 Å². The zero-order chi connectivity index (χ0) is 14.3. The first-order chi connectivity index (χ1) is 9.04. The van der Waals surface area contributed by atoms with Crippen LogP contribution in [0.25, 0.3) is 0 Å². The highest BCUT2D eigenvalue weighted by molar-refractivity contribution is 5.80. The molecule has 0 bridgehead atoms. The maximum atomic E-state index is 11.5. The van der Waals surface area contributed by atoms with E-state index >= 15 is 0 Å². The van der Waals surface area contributed by atoms with Crippen molar-refractivity contribution in [2.75, 3.05) is 32.7 Å². The van der Waals surface area contributed by atoms with E-state index in [4.69, 9.17) is 5.11 Å². The van der Waals surface area contributed by atoms with Crippen LogP contribution in [0.4, 0.5) is 4.79 Å². The Morgan fingerprint density at radius 3 is 2.37 bits per heavy atom. The summed E-state index contributed by atoms with van der Waals surface area (Å²) in [4.78, 5) is 24.7. The van der Waals surface area contributed by atoms with Crippen molar-refractivity contribution in [3.05, 3.63) is 0 Å². The Labute approximate surface area is 114 Å². The van der Waals surface area contributed by atoms with Crippen molar-refractivity contribution in [2.24, 2.45) is 5.41 Å². The Hall–Kier alpha value is -1.30. The fraction of sp³-hybridized carbons (Fsp3) is 0.846. The number of aliphatic carboxylic acids is 1. The van der Waals surface area contributed by atoms with Gasteiger partial charge in [-0.25, -0.2) is 4.79 Å². The zero-order valence-electron chi connectivity index (χ0n) is 11.9. The number of hydrogen-bond donors (Lipinski definition) is 3. The van der Waals surface area contributed by atoms with E-state index in [1.165, 1.54) is 0 Å². The van der Waals surface area contributed by atoms with Crippen LogP contribution in [0.5, 0.6) is 0 Å². The van der Waals surface area contributed by atoms with Crippen LogP contribution in [0.1, 0.15) is 33.1 Å². The molecule has 0 spiro atoms. The summed E-state index contributed by atoms with van der Waals surface area (Å²) in [6, 6.07) is -0.278. The van der Waals surface area contributed by atoms with Gasteiger partial charge >= 0.3 is 12.0 Å². The molecule has 6 nitrogen and oxygen atoms in total. The molecule has 1 saturated carbocycles. The first-order valence-corrected chi connectivity index (χ1v) is 7.01. The Bertz CT molecular complexity index is 316. The highest BCUT2D eigenvalue weighted by atomic mass is 16.4. The summed E-state index contributed by atoms with van der Waals surface area (Å²) in [6.07, 6.45) is 2.41. The smallest absolute Gasteiger partial charge is 0.314 e. The quantitative estimate of drug-likeness (QED) is 0.581. The van der Waals surface area contributed by atoms with E-state index < -0.39 is 11.4 Å². The average molecular weight is 271 g/mol. The van der Waals surface area contributed by atoms with Crippen LogP contribution in [-0.4, -0.2) is 54.7 Å². The van der Waals surface area contributed by atoms with Crippen LogP contribution < -0.4 is 10.6 Å². The van der Waals surface area contributed by atoms with Crippen molar-refractivity contribution in [1.82, 2.24) is 15.5 Å². The highest BCUT2D eigenvalue weighted by Gasteiger charge is 2.50. The monoisotopic (exact) mass is 271 g/mol. The van der Waals surface area contributed by atoms with Gasteiger partial charge in [0.1, 0.15) is 0 Å². The Morgan fingerprint density at radius 2 is 1.89 bits per heavy atom. The number of likely N-dealkylation sites (N-methyl/N-ethyl adjacent to an activating group) is 1. The van der Waals surface area contributed by atoms with E-state index in [0.29, 0.717) is 19.4 Å². The van der Waals surface area contributed by atoms with Crippen LogP contribution in [0.15, 0.2) is 0 Å². The van der Waals surface area contributed by atoms with Crippen LogP contribution in [0, 0.1) is 5.41 Å². The molecule has 0 aromatic carbocycles. The number of rotatable bonds is 9. The SMILES string of the molecule is CCCN(CC)CCNC(=O)NCC1(C(=O)O)CC1. The predicted molar refractivity (Wildman–Crippen MR) is 73.1 cm³/mol. The molecule has 1 aliphatic carbocycles. The predicted octanol–water partition coefficient (Wildman–Crippen LogP) is 0.882. The number of carboxylic acids is 1. The number of carbonyl (C=O) groups excluding carboxylic acids is 1. The normalized spacial score (nSPS) is 16.2. The van der Waals surface area contributed by atoms with E-state index in [1.807, 2.05) is 0 Å². The molecule has 0 aliphatic heterocycles. The second-order valence-electron chi connectivity index (χ2n) is 5.13. The van der Waals surface area contributed by atoms with Crippen molar-refractivity contribution in [2.45, 2.75) is 33.1 Å². The molecule has 110 valence electrons. The first-order valence-electron chi connectivity index (χ1n) is 7.01. The molecule has 0 aromatic rings. The molecule has 3 N–H and O–H groups in total. The first kappa shape index (κ1) is 15.8. The summed E-state index contributed by atoms with van der Waals surface area (Å²) in [6.45, 7) is 7.85. The van der Waals surface area contributed by atoms with E-state index in [9.17, 15) is 9.59 Å². The standard InChI is InChI=1S/C13H25N3O3/c1-3-8-16(4-2)9-7-14-12(19)15-10-13(5-6-13)11(17)18/h3-10H2,1-2H3,(H,17,18)(H2,14,15,19). The van der Waals surface area contributed by atoms with Crippen LogP contribution in [0.3, 0.4) is 0 Å². The summed E-state index contributed by atoms with van der Waals surface area (Å²) < 4.78 is 0. The average Bonchev–Trinajstić information content (AvgIpc) is 3.16. The van der Waals surface area contributed by atoms with E-state index in [1.54, 1.807) is 0 Å². The Balaban J connectivity index is 2.13. The van der Waals surface area contributed by atoms with Gasteiger partial charge in [-0.3, -0.25) is 4.79 Å². The number of nitrogens with one attached hydrogen (secondary N) is 2. The summed E-state index contributed by atoms with van der Waals surface area (Å²) in [5.41, 5.74) is -0.699. The minimum absolute atomic E-state index is 0.223. The summed E-state index contributed by atoms with van der Waals surface area (Å²) in [7, 11) is 0. The fourth-order valence-corrected chi connectivity index (χ4v) is 2.00. The molecule has 6 heteroatoms. The van der Waals surface area contributed by atoms with E-state index in [2.05, 4.69) is 29.4 Å². The molecular formula is C13H25N3O3. The van der Waals surface area contributed by atoms with Crippen molar-refractivity contribution < 1.29 is 14.7 Å². The van der Waals surface area contributed by atoms with E-state index in [-0.39, 0.29) is 12.6 Å². The molecule has 1 fully saturated rings. The molecule has 0 saturated heterocycles. The third-order valence-electron chi connectivity index (χ3n) is 3.60. The lowest BCUT2D eigenvalue weighted by Gasteiger charge is -2.19. The second kappa shape index (κ2) is 7.33. The topological polar surface area (TPSA) is 81.7 Å². The fourth-order valence-electron chi connectivity index (χ4n) is 2.00. The lowest BCUT2D eigenvalue weighted by Crippen LogP contribution is -2.43. The molecule has 1 rings (SSSR count). The van der Waals surface area contributed by atoms with Crippen LogP contribution >= 0.6 is 0 Å². The van der Waals surface area contributed by atoms with Crippen molar-refractivity contribution in [1.29, 1.82) is 0 Å². The minimum atomic E-state index is -0.812. The Kier molecular flexibility index (Phi) is 6.08. The number of amides is 2. The number of hydrogen-bond acceptors (Lipinski definition) is 3. The molecular weight excluding hydrogens is 246 g/mol. The molecule has 19 heavy (non-hydrogen) atoms. The number of carbonyl (C=O) groups is 2. The minimum Gasteiger partial charge on any atom is -0.481 e. The van der Waals surface area contributed by atoms with E-state index in [0.717, 1.165) is 26.1 Å². The van der Waals surface area contributed by atoms with Gasteiger partial charge in [0, 0.05) is 19.6 Å². The third kappa shape index (κ3) is 5.06. The molecule has 0 atom stereocenters. The summed E-state index contributed by atoms with van der Waals surface area (Å²) in [5.74, 6) is -0.812. The largest absolute Gasteiger partial charge is 0.481 e. The third-order valence-corrected chi connectivity index (χ3v) is 3.60. The maximum absolute atomic E-state index is 11.5. The van der Waals surface area contributed by atoms with Gasteiger partial charge in [-0.2, -0.15) is 0 Å². The maximum Gasteiger partial charge on any atom is 0.314 e. The molecule has 0 radical (unpaired) electrons. The molecule has 0 unspecified atom stereocenters. The van der Waals surface area contributed by atoms with Gasteiger partial charge in [-0.05, 0) is 32.4 Å². The van der Waals surface area contributed by atoms with Crippen molar-refractivity contribution in [3.63, 3.8) is 0 Å². The van der Waals surface area contributed by atoms with Gasteiger partial charge in [0.2, 0.25) is 0 Å². The number of urea groups is 1. The van der Waals surface area contributed by atoms with Gasteiger partial charge in [-0.15, -0.1) is 0 Å². The zero-order valence-corrected chi connectivity index (χ0v) is 11.9. The molecule has 0 aromatic heterocycles. The van der Waals surface area contributed by atoms with Gasteiger partial charge in [0.15, 0.2) is 0 Å². The lowest BCUT2D eigenvalue weighted by atomic mass is 10.1. The Morgan fingerprint density at radius 1 is 1.21 bits per heavy atom.